The first-order chi connectivity index (χ1) is 9.15. The Morgan fingerprint density at radius 2 is 1.84 bits per heavy atom. The van der Waals surface area contributed by atoms with E-state index in [2.05, 4.69) is 20.6 Å². The second kappa shape index (κ2) is 5.72. The monoisotopic (exact) mass is 256 g/mol. The number of pyridine rings is 2. The first kappa shape index (κ1) is 12.7. The van der Waals surface area contributed by atoms with Crippen LogP contribution < -0.4 is 10.6 Å². The van der Waals surface area contributed by atoms with Crippen LogP contribution in [-0.4, -0.2) is 21.8 Å². The summed E-state index contributed by atoms with van der Waals surface area (Å²) in [6.45, 7) is 1.80. The Hall–Kier alpha value is -2.76. The summed E-state index contributed by atoms with van der Waals surface area (Å²) in [5.74, 6) is -1.20. The number of aryl methyl sites for hydroxylation is 1. The van der Waals surface area contributed by atoms with E-state index < -0.39 is 11.8 Å². The van der Waals surface area contributed by atoms with E-state index in [4.69, 9.17) is 0 Å². The third kappa shape index (κ3) is 3.60. The molecule has 96 valence electrons. The molecule has 0 aromatic carbocycles. The van der Waals surface area contributed by atoms with Crippen LogP contribution in [0, 0.1) is 6.92 Å². The van der Waals surface area contributed by atoms with Crippen LogP contribution in [0.2, 0.25) is 0 Å². The van der Waals surface area contributed by atoms with Gasteiger partial charge in [0.05, 0.1) is 11.9 Å². The van der Waals surface area contributed by atoms with E-state index in [0.29, 0.717) is 11.5 Å². The summed E-state index contributed by atoms with van der Waals surface area (Å²) in [4.78, 5) is 31.2. The Morgan fingerprint density at radius 1 is 1.05 bits per heavy atom. The number of hydrogen-bond acceptors (Lipinski definition) is 4. The fraction of sp³-hybridized carbons (Fsp3) is 0.0769. The second-order valence-corrected chi connectivity index (χ2v) is 3.81. The molecule has 6 nitrogen and oxygen atoms in total. The lowest BCUT2D eigenvalue weighted by molar-refractivity contribution is -0.133. The molecule has 0 saturated carbocycles. The largest absolute Gasteiger partial charge is 0.316 e. The highest BCUT2D eigenvalue weighted by atomic mass is 16.2. The minimum atomic E-state index is -0.776. The van der Waals surface area contributed by atoms with E-state index in [9.17, 15) is 9.59 Å². The zero-order chi connectivity index (χ0) is 13.7. The van der Waals surface area contributed by atoms with Gasteiger partial charge in [0.2, 0.25) is 0 Å². The van der Waals surface area contributed by atoms with Gasteiger partial charge in [0.1, 0.15) is 5.82 Å². The lowest BCUT2D eigenvalue weighted by atomic mass is 10.3. The van der Waals surface area contributed by atoms with E-state index in [1.54, 1.807) is 43.5 Å². The van der Waals surface area contributed by atoms with E-state index in [1.807, 2.05) is 0 Å². The maximum atomic E-state index is 11.6. The lowest BCUT2D eigenvalue weighted by Crippen LogP contribution is -2.29. The molecule has 0 atom stereocenters. The maximum absolute atomic E-state index is 11.6. The molecular weight excluding hydrogens is 244 g/mol. The van der Waals surface area contributed by atoms with Crippen LogP contribution in [0.4, 0.5) is 11.5 Å². The first-order valence-electron chi connectivity index (χ1n) is 5.61. The molecule has 0 fully saturated rings. The number of amides is 2. The van der Waals surface area contributed by atoms with Gasteiger partial charge in [-0.25, -0.2) is 4.98 Å². The molecule has 2 heterocycles. The smallest absolute Gasteiger partial charge is 0.315 e. The van der Waals surface area contributed by atoms with Gasteiger partial charge in [0.15, 0.2) is 0 Å². The van der Waals surface area contributed by atoms with Crippen LogP contribution in [0.15, 0.2) is 42.7 Å². The minimum absolute atomic E-state index is 0.339. The van der Waals surface area contributed by atoms with Crippen molar-refractivity contribution in [2.75, 3.05) is 10.6 Å². The Labute approximate surface area is 109 Å². The summed E-state index contributed by atoms with van der Waals surface area (Å²) in [6, 6.07) is 8.46. The number of hydrogen-bond donors (Lipinski definition) is 2. The molecule has 0 saturated heterocycles. The zero-order valence-electron chi connectivity index (χ0n) is 10.3. The molecule has 2 N–H and O–H groups in total. The molecule has 2 amide bonds. The number of rotatable bonds is 2. The zero-order valence-corrected chi connectivity index (χ0v) is 10.3. The third-order valence-electron chi connectivity index (χ3n) is 2.26. The van der Waals surface area contributed by atoms with E-state index >= 15 is 0 Å². The standard InChI is InChI=1S/C13H12N4O2/c1-9-4-2-6-11(15-9)17-13(19)12(18)16-10-5-3-7-14-8-10/h2-8H,1H3,(H,16,18)(H,15,17,19). The van der Waals surface area contributed by atoms with Crippen LogP contribution in [0.25, 0.3) is 0 Å². The summed E-state index contributed by atoms with van der Waals surface area (Å²) in [5, 5.41) is 4.86. The summed E-state index contributed by atoms with van der Waals surface area (Å²) in [7, 11) is 0. The average Bonchev–Trinajstić information content (AvgIpc) is 2.40. The van der Waals surface area contributed by atoms with E-state index in [-0.39, 0.29) is 0 Å². The van der Waals surface area contributed by atoms with Crippen LogP contribution in [0.3, 0.4) is 0 Å². The van der Waals surface area contributed by atoms with Crippen molar-refractivity contribution in [1.29, 1.82) is 0 Å². The predicted molar refractivity (Wildman–Crippen MR) is 70.5 cm³/mol. The number of aromatic nitrogens is 2. The third-order valence-corrected chi connectivity index (χ3v) is 2.26. The van der Waals surface area contributed by atoms with Gasteiger partial charge in [-0.1, -0.05) is 6.07 Å². The van der Waals surface area contributed by atoms with Gasteiger partial charge < -0.3 is 10.6 Å². The van der Waals surface area contributed by atoms with Gasteiger partial charge in [-0.15, -0.1) is 0 Å². The molecule has 0 aliphatic carbocycles. The van der Waals surface area contributed by atoms with Crippen LogP contribution in [0.1, 0.15) is 5.69 Å². The quantitative estimate of drug-likeness (QED) is 0.795. The fourth-order valence-corrected chi connectivity index (χ4v) is 1.41. The van der Waals surface area contributed by atoms with Gasteiger partial charge in [-0.05, 0) is 31.2 Å². The Bertz CT molecular complexity index is 599. The van der Waals surface area contributed by atoms with Crippen molar-refractivity contribution in [2.24, 2.45) is 0 Å². The van der Waals surface area contributed by atoms with E-state index in [1.165, 1.54) is 6.20 Å². The van der Waals surface area contributed by atoms with Gasteiger partial charge >= 0.3 is 11.8 Å². The van der Waals surface area contributed by atoms with Crippen LogP contribution in [0.5, 0.6) is 0 Å². The summed E-state index contributed by atoms with van der Waals surface area (Å²) in [5.41, 5.74) is 1.21. The van der Waals surface area contributed by atoms with E-state index in [0.717, 1.165) is 5.69 Å². The highest BCUT2D eigenvalue weighted by molar-refractivity contribution is 6.43. The summed E-state index contributed by atoms with van der Waals surface area (Å²) < 4.78 is 0. The SMILES string of the molecule is Cc1cccc(NC(=O)C(=O)Nc2cccnc2)n1. The number of carbonyl (C=O) groups excluding carboxylic acids is 2. The van der Waals surface area contributed by atoms with Gasteiger partial charge in [-0.2, -0.15) is 0 Å². The topological polar surface area (TPSA) is 84.0 Å². The summed E-state index contributed by atoms with van der Waals surface area (Å²) >= 11 is 0. The highest BCUT2D eigenvalue weighted by Gasteiger charge is 2.14. The average molecular weight is 256 g/mol. The molecule has 2 aromatic heterocycles. The van der Waals surface area contributed by atoms with Crippen molar-refractivity contribution >= 4 is 23.3 Å². The Kier molecular flexibility index (Phi) is 3.82. The van der Waals surface area contributed by atoms with Crippen molar-refractivity contribution in [1.82, 2.24) is 9.97 Å². The predicted octanol–water partition coefficient (Wildman–Crippen LogP) is 1.36. The van der Waals surface area contributed by atoms with Gasteiger partial charge in [0, 0.05) is 11.9 Å². The van der Waals surface area contributed by atoms with Crippen molar-refractivity contribution in [3.05, 3.63) is 48.4 Å². The Morgan fingerprint density at radius 3 is 2.53 bits per heavy atom. The molecule has 0 spiro atoms. The van der Waals surface area contributed by atoms with Crippen LogP contribution >= 0.6 is 0 Å². The number of anilines is 2. The number of nitrogens with zero attached hydrogens (tertiary/aromatic N) is 2. The van der Waals surface area contributed by atoms with Crippen molar-refractivity contribution < 1.29 is 9.59 Å². The molecule has 19 heavy (non-hydrogen) atoms. The molecule has 0 aliphatic rings. The van der Waals surface area contributed by atoms with Crippen molar-refractivity contribution in [2.45, 2.75) is 6.92 Å². The molecule has 2 aromatic rings. The van der Waals surface area contributed by atoms with Gasteiger partial charge in [0.25, 0.3) is 0 Å². The molecule has 0 bridgehead atoms. The normalized spacial score (nSPS) is 9.74. The second-order valence-electron chi connectivity index (χ2n) is 3.81. The lowest BCUT2D eigenvalue weighted by Gasteiger charge is -2.05. The molecule has 6 heteroatoms. The Balaban J connectivity index is 1.98. The molecule has 0 unspecified atom stereocenters. The molecule has 0 aliphatic heterocycles. The van der Waals surface area contributed by atoms with Crippen LogP contribution in [-0.2, 0) is 9.59 Å². The molecule has 0 radical (unpaired) electrons. The fourth-order valence-electron chi connectivity index (χ4n) is 1.41. The molecular formula is C13H12N4O2. The van der Waals surface area contributed by atoms with Crippen molar-refractivity contribution in [3.8, 4) is 0 Å². The number of nitrogens with one attached hydrogen (secondary N) is 2. The molecule has 2 rings (SSSR count). The first-order valence-corrected chi connectivity index (χ1v) is 5.61. The minimum Gasteiger partial charge on any atom is -0.316 e. The maximum Gasteiger partial charge on any atom is 0.315 e. The highest BCUT2D eigenvalue weighted by Crippen LogP contribution is 2.05. The number of carbonyl (C=O) groups is 2. The van der Waals surface area contributed by atoms with Crippen molar-refractivity contribution in [3.63, 3.8) is 0 Å². The van der Waals surface area contributed by atoms with Gasteiger partial charge in [-0.3, -0.25) is 14.6 Å². The summed E-state index contributed by atoms with van der Waals surface area (Å²) in [6.07, 6.45) is 3.03.